The van der Waals surface area contributed by atoms with Crippen LogP contribution in [-0.4, -0.2) is 42.3 Å². The maximum atomic E-state index is 11.9. The zero-order valence-electron chi connectivity index (χ0n) is 11.2. The molecule has 0 saturated carbocycles. The van der Waals surface area contributed by atoms with Gasteiger partial charge in [0.2, 0.25) is 5.91 Å². The average Bonchev–Trinajstić information content (AvgIpc) is 2.93. The number of ketones is 1. The van der Waals surface area contributed by atoms with Crippen LogP contribution in [0.1, 0.15) is 35.9 Å². The minimum Gasteiger partial charge on any atom is -0.353 e. The van der Waals surface area contributed by atoms with E-state index in [1.54, 1.807) is 0 Å². The third kappa shape index (κ3) is 3.64. The number of piperazine rings is 1. The number of rotatable bonds is 6. The molecule has 1 aromatic heterocycles. The molecule has 4 nitrogen and oxygen atoms in total. The summed E-state index contributed by atoms with van der Waals surface area (Å²) in [5.41, 5.74) is 0. The maximum Gasteiger partial charge on any atom is 0.237 e. The molecule has 0 radical (unpaired) electrons. The van der Waals surface area contributed by atoms with Crippen molar-refractivity contribution < 1.29 is 9.59 Å². The molecule has 0 spiro atoms. The molecule has 19 heavy (non-hydrogen) atoms. The highest BCUT2D eigenvalue weighted by atomic mass is 32.1. The standard InChI is InChI=1S/C14H20N2O2S/c1-2-11-14(18)15-7-9-16(11)8-3-5-12(17)13-6-4-10-19-13/h4,6,10-11H,2-3,5,7-9H2,1H3,(H,15,18). The normalized spacial score (nSPS) is 20.3. The van der Waals surface area contributed by atoms with Gasteiger partial charge in [0, 0.05) is 19.5 Å². The highest BCUT2D eigenvalue weighted by molar-refractivity contribution is 7.12. The van der Waals surface area contributed by atoms with Crippen LogP contribution < -0.4 is 5.32 Å². The van der Waals surface area contributed by atoms with Crippen molar-refractivity contribution in [3.63, 3.8) is 0 Å². The molecule has 0 aliphatic carbocycles. The predicted molar refractivity (Wildman–Crippen MR) is 76.5 cm³/mol. The highest BCUT2D eigenvalue weighted by Gasteiger charge is 2.27. The molecular weight excluding hydrogens is 260 g/mol. The fourth-order valence-electron chi connectivity index (χ4n) is 2.48. The van der Waals surface area contributed by atoms with E-state index in [0.29, 0.717) is 13.0 Å². The van der Waals surface area contributed by atoms with Gasteiger partial charge in [-0.25, -0.2) is 0 Å². The van der Waals surface area contributed by atoms with Gasteiger partial charge in [-0.2, -0.15) is 0 Å². The average molecular weight is 280 g/mol. The fourth-order valence-corrected chi connectivity index (χ4v) is 3.17. The molecule has 1 amide bonds. The zero-order valence-corrected chi connectivity index (χ0v) is 12.0. The summed E-state index contributed by atoms with van der Waals surface area (Å²) in [5, 5.41) is 4.81. The Bertz CT molecular complexity index is 431. The molecule has 1 aliphatic rings. The highest BCUT2D eigenvalue weighted by Crippen LogP contribution is 2.14. The Hall–Kier alpha value is -1.20. The first-order valence-electron chi connectivity index (χ1n) is 6.81. The minimum absolute atomic E-state index is 0.0226. The van der Waals surface area contributed by atoms with Crippen molar-refractivity contribution in [2.75, 3.05) is 19.6 Å². The van der Waals surface area contributed by atoms with E-state index in [2.05, 4.69) is 10.2 Å². The SMILES string of the molecule is CCC1C(=O)NCCN1CCCC(=O)c1cccs1. The molecule has 1 atom stereocenters. The zero-order chi connectivity index (χ0) is 13.7. The third-order valence-electron chi connectivity index (χ3n) is 3.47. The number of hydrogen-bond donors (Lipinski definition) is 1. The Balaban J connectivity index is 1.78. The monoisotopic (exact) mass is 280 g/mol. The first-order valence-corrected chi connectivity index (χ1v) is 7.68. The van der Waals surface area contributed by atoms with Crippen molar-refractivity contribution in [1.82, 2.24) is 10.2 Å². The quantitative estimate of drug-likeness (QED) is 0.810. The molecule has 1 fully saturated rings. The van der Waals surface area contributed by atoms with Crippen LogP contribution in [0.5, 0.6) is 0 Å². The second-order valence-electron chi connectivity index (χ2n) is 4.76. The molecule has 5 heteroatoms. The van der Waals surface area contributed by atoms with E-state index in [4.69, 9.17) is 0 Å². The van der Waals surface area contributed by atoms with Gasteiger partial charge in [0.25, 0.3) is 0 Å². The molecule has 0 bridgehead atoms. The smallest absolute Gasteiger partial charge is 0.237 e. The van der Waals surface area contributed by atoms with Crippen molar-refractivity contribution in [1.29, 1.82) is 0 Å². The number of amides is 1. The van der Waals surface area contributed by atoms with Crippen LogP contribution in [0.2, 0.25) is 0 Å². The van der Waals surface area contributed by atoms with Gasteiger partial charge in [-0.05, 0) is 30.8 Å². The Morgan fingerprint density at radius 2 is 2.42 bits per heavy atom. The molecule has 1 saturated heterocycles. The van der Waals surface area contributed by atoms with Crippen LogP contribution in [-0.2, 0) is 4.79 Å². The van der Waals surface area contributed by atoms with E-state index in [-0.39, 0.29) is 17.7 Å². The molecule has 104 valence electrons. The van der Waals surface area contributed by atoms with Crippen LogP contribution in [0, 0.1) is 0 Å². The number of Topliss-reactive ketones (excluding diaryl/α,β-unsaturated/α-hetero) is 1. The van der Waals surface area contributed by atoms with Crippen LogP contribution in [0.25, 0.3) is 0 Å². The van der Waals surface area contributed by atoms with Crippen LogP contribution in [0.3, 0.4) is 0 Å². The number of nitrogens with zero attached hydrogens (tertiary/aromatic N) is 1. The fraction of sp³-hybridized carbons (Fsp3) is 0.571. The Morgan fingerprint density at radius 1 is 1.58 bits per heavy atom. The topological polar surface area (TPSA) is 49.4 Å². The van der Waals surface area contributed by atoms with Gasteiger partial charge in [-0.1, -0.05) is 13.0 Å². The number of carbonyl (C=O) groups excluding carboxylic acids is 2. The van der Waals surface area contributed by atoms with Crippen LogP contribution in [0.15, 0.2) is 17.5 Å². The lowest BCUT2D eigenvalue weighted by Crippen LogP contribution is -2.55. The minimum atomic E-state index is -0.0226. The molecule has 0 aromatic carbocycles. The van der Waals surface area contributed by atoms with E-state index in [1.165, 1.54) is 11.3 Å². The van der Waals surface area contributed by atoms with E-state index >= 15 is 0 Å². The summed E-state index contributed by atoms with van der Waals surface area (Å²) in [7, 11) is 0. The van der Waals surface area contributed by atoms with Gasteiger partial charge in [0.05, 0.1) is 10.9 Å². The molecule has 2 rings (SSSR count). The lowest BCUT2D eigenvalue weighted by atomic mass is 10.1. The lowest BCUT2D eigenvalue weighted by Gasteiger charge is -2.34. The van der Waals surface area contributed by atoms with E-state index in [1.807, 2.05) is 24.4 Å². The predicted octanol–water partition coefficient (Wildman–Crippen LogP) is 1.92. The Labute approximate surface area is 117 Å². The van der Waals surface area contributed by atoms with Crippen LogP contribution >= 0.6 is 11.3 Å². The van der Waals surface area contributed by atoms with Crippen molar-refractivity contribution in [3.8, 4) is 0 Å². The van der Waals surface area contributed by atoms with Gasteiger partial charge >= 0.3 is 0 Å². The molecular formula is C14H20N2O2S. The summed E-state index contributed by atoms with van der Waals surface area (Å²) in [5.74, 6) is 0.336. The molecule has 1 unspecified atom stereocenters. The van der Waals surface area contributed by atoms with Gasteiger partial charge in [-0.15, -0.1) is 11.3 Å². The van der Waals surface area contributed by atoms with Gasteiger partial charge in [0.1, 0.15) is 0 Å². The summed E-state index contributed by atoms with van der Waals surface area (Å²) < 4.78 is 0. The summed E-state index contributed by atoms with van der Waals surface area (Å²) in [4.78, 5) is 26.6. The molecule has 1 aliphatic heterocycles. The van der Waals surface area contributed by atoms with Gasteiger partial charge < -0.3 is 5.32 Å². The second kappa shape index (κ2) is 6.82. The van der Waals surface area contributed by atoms with Crippen molar-refractivity contribution in [2.24, 2.45) is 0 Å². The maximum absolute atomic E-state index is 11.9. The third-order valence-corrected chi connectivity index (χ3v) is 4.38. The molecule has 1 N–H and O–H groups in total. The van der Waals surface area contributed by atoms with Crippen molar-refractivity contribution in [3.05, 3.63) is 22.4 Å². The number of hydrogen-bond acceptors (Lipinski definition) is 4. The summed E-state index contributed by atoms with van der Waals surface area (Å²) >= 11 is 1.50. The number of nitrogens with one attached hydrogen (secondary N) is 1. The Morgan fingerprint density at radius 3 is 3.11 bits per heavy atom. The largest absolute Gasteiger partial charge is 0.353 e. The van der Waals surface area contributed by atoms with E-state index in [0.717, 1.165) is 30.8 Å². The summed E-state index contributed by atoms with van der Waals surface area (Å²) in [6, 6.07) is 3.75. The summed E-state index contributed by atoms with van der Waals surface area (Å²) in [6.07, 6.45) is 2.21. The molecule has 2 heterocycles. The van der Waals surface area contributed by atoms with Gasteiger partial charge in [-0.3, -0.25) is 14.5 Å². The summed E-state index contributed by atoms with van der Waals surface area (Å²) in [6.45, 7) is 4.45. The second-order valence-corrected chi connectivity index (χ2v) is 5.70. The number of carbonyl (C=O) groups is 2. The van der Waals surface area contributed by atoms with E-state index in [9.17, 15) is 9.59 Å². The number of thiophene rings is 1. The Kier molecular flexibility index (Phi) is 5.10. The lowest BCUT2D eigenvalue weighted by molar-refractivity contribution is -0.129. The van der Waals surface area contributed by atoms with Crippen molar-refractivity contribution in [2.45, 2.75) is 32.2 Å². The molecule has 1 aromatic rings. The van der Waals surface area contributed by atoms with E-state index < -0.39 is 0 Å². The van der Waals surface area contributed by atoms with Crippen LogP contribution in [0.4, 0.5) is 0 Å². The van der Waals surface area contributed by atoms with Crippen molar-refractivity contribution >= 4 is 23.0 Å². The first-order chi connectivity index (χ1) is 9.22. The van der Waals surface area contributed by atoms with Gasteiger partial charge in [0.15, 0.2) is 5.78 Å². The first kappa shape index (κ1) is 14.2.